The molecule has 2 heterocycles. The number of rotatable bonds is 2. The van der Waals surface area contributed by atoms with Gasteiger partial charge in [-0.15, -0.1) is 11.3 Å². The molecule has 3 nitrogen and oxygen atoms in total. The molecule has 0 unspecified atom stereocenters. The molecule has 0 fully saturated rings. The van der Waals surface area contributed by atoms with E-state index in [9.17, 15) is 0 Å². The van der Waals surface area contributed by atoms with Gasteiger partial charge in [-0.2, -0.15) is 8.75 Å². The summed E-state index contributed by atoms with van der Waals surface area (Å²) in [5.74, 6) is 0. The Balaban J connectivity index is 2.21. The highest BCUT2D eigenvalue weighted by atomic mass is 32.1. The van der Waals surface area contributed by atoms with Crippen LogP contribution >= 0.6 is 23.1 Å². The third-order valence-corrected chi connectivity index (χ3v) is 4.10. The Kier molecular flexibility index (Phi) is 2.43. The maximum atomic E-state index is 5.62. The van der Waals surface area contributed by atoms with E-state index in [0.29, 0.717) is 6.54 Å². The van der Waals surface area contributed by atoms with Crippen molar-refractivity contribution in [2.24, 2.45) is 5.73 Å². The van der Waals surface area contributed by atoms with Gasteiger partial charge in [0.2, 0.25) is 0 Å². The first-order valence-corrected chi connectivity index (χ1v) is 6.43. The highest BCUT2D eigenvalue weighted by molar-refractivity contribution is 7.15. The molecular weight excluding hydrogens is 238 g/mol. The summed E-state index contributed by atoms with van der Waals surface area (Å²) in [5, 5.41) is 0. The topological polar surface area (TPSA) is 51.8 Å². The van der Waals surface area contributed by atoms with Crippen LogP contribution in [-0.2, 0) is 6.54 Å². The van der Waals surface area contributed by atoms with Crippen molar-refractivity contribution in [1.29, 1.82) is 0 Å². The van der Waals surface area contributed by atoms with Gasteiger partial charge in [-0.25, -0.2) is 0 Å². The second-order valence-electron chi connectivity index (χ2n) is 3.41. The van der Waals surface area contributed by atoms with Crippen LogP contribution in [0.2, 0.25) is 0 Å². The Morgan fingerprint density at radius 3 is 2.88 bits per heavy atom. The molecule has 0 radical (unpaired) electrons. The molecule has 2 aromatic heterocycles. The van der Waals surface area contributed by atoms with Gasteiger partial charge in [0.15, 0.2) is 0 Å². The first kappa shape index (κ1) is 9.89. The molecule has 0 spiro atoms. The SMILES string of the molecule is NCc1ccc(-c2cccc3nsnc23)s1. The van der Waals surface area contributed by atoms with Crippen molar-refractivity contribution < 1.29 is 0 Å². The normalized spacial score (nSPS) is 11.1. The van der Waals surface area contributed by atoms with Gasteiger partial charge in [0.1, 0.15) is 11.0 Å². The first-order chi connectivity index (χ1) is 7.88. The smallest absolute Gasteiger partial charge is 0.113 e. The Labute approximate surface area is 101 Å². The minimum atomic E-state index is 0.593. The summed E-state index contributed by atoms with van der Waals surface area (Å²) in [5.41, 5.74) is 8.71. The fourth-order valence-corrected chi connectivity index (χ4v) is 3.10. The Bertz CT molecular complexity index is 627. The van der Waals surface area contributed by atoms with Crippen LogP contribution in [0, 0.1) is 0 Å². The van der Waals surface area contributed by atoms with E-state index in [4.69, 9.17) is 5.73 Å². The molecule has 80 valence electrons. The lowest BCUT2D eigenvalue weighted by molar-refractivity contribution is 1.11. The minimum Gasteiger partial charge on any atom is -0.326 e. The van der Waals surface area contributed by atoms with Crippen LogP contribution in [0.5, 0.6) is 0 Å². The first-order valence-electron chi connectivity index (χ1n) is 4.89. The summed E-state index contributed by atoms with van der Waals surface area (Å²) < 4.78 is 8.58. The van der Waals surface area contributed by atoms with Gasteiger partial charge in [0.25, 0.3) is 0 Å². The summed E-state index contributed by atoms with van der Waals surface area (Å²) in [7, 11) is 0. The van der Waals surface area contributed by atoms with E-state index < -0.39 is 0 Å². The molecule has 0 atom stereocenters. The molecule has 0 aliphatic carbocycles. The summed E-state index contributed by atoms with van der Waals surface area (Å²) in [6.45, 7) is 0.593. The average molecular weight is 247 g/mol. The Hall–Kier alpha value is -1.30. The second-order valence-corrected chi connectivity index (χ2v) is 5.10. The monoisotopic (exact) mass is 247 g/mol. The molecule has 3 aromatic rings. The van der Waals surface area contributed by atoms with Gasteiger partial charge >= 0.3 is 0 Å². The molecule has 2 N–H and O–H groups in total. The molecule has 1 aromatic carbocycles. The van der Waals surface area contributed by atoms with Crippen LogP contribution in [0.4, 0.5) is 0 Å². The number of fused-ring (bicyclic) bond motifs is 1. The summed E-state index contributed by atoms with van der Waals surface area (Å²) in [6, 6.07) is 10.2. The summed E-state index contributed by atoms with van der Waals surface area (Å²) in [6.07, 6.45) is 0. The zero-order valence-electron chi connectivity index (χ0n) is 8.38. The fourth-order valence-electron chi connectivity index (χ4n) is 1.64. The van der Waals surface area contributed by atoms with E-state index in [1.165, 1.54) is 21.5 Å². The van der Waals surface area contributed by atoms with E-state index in [1.807, 2.05) is 12.1 Å². The van der Waals surface area contributed by atoms with Gasteiger partial charge < -0.3 is 5.73 Å². The fraction of sp³-hybridized carbons (Fsp3) is 0.0909. The lowest BCUT2D eigenvalue weighted by atomic mass is 10.1. The highest BCUT2D eigenvalue weighted by Gasteiger charge is 2.08. The van der Waals surface area contributed by atoms with Crippen LogP contribution in [-0.4, -0.2) is 8.75 Å². The largest absolute Gasteiger partial charge is 0.326 e. The van der Waals surface area contributed by atoms with E-state index in [0.717, 1.165) is 16.6 Å². The number of aromatic nitrogens is 2. The lowest BCUT2D eigenvalue weighted by Gasteiger charge is -1.97. The molecular formula is C11H9N3S2. The number of thiophene rings is 1. The van der Waals surface area contributed by atoms with Crippen LogP contribution < -0.4 is 5.73 Å². The van der Waals surface area contributed by atoms with Crippen molar-refractivity contribution in [3.63, 3.8) is 0 Å². The summed E-state index contributed by atoms with van der Waals surface area (Å²) >= 11 is 2.97. The van der Waals surface area contributed by atoms with Crippen LogP contribution in [0.25, 0.3) is 21.5 Å². The standard InChI is InChI=1S/C11H9N3S2/c12-6-7-4-5-10(15-7)8-2-1-3-9-11(8)14-16-13-9/h1-5H,6,12H2. The lowest BCUT2D eigenvalue weighted by Crippen LogP contribution is -1.91. The second kappa shape index (κ2) is 3.93. The van der Waals surface area contributed by atoms with E-state index in [1.54, 1.807) is 11.3 Å². The number of hydrogen-bond donors (Lipinski definition) is 1. The molecule has 0 saturated heterocycles. The van der Waals surface area contributed by atoms with Crippen molar-refractivity contribution >= 4 is 34.1 Å². The molecule has 3 rings (SSSR count). The number of hydrogen-bond acceptors (Lipinski definition) is 5. The van der Waals surface area contributed by atoms with E-state index in [2.05, 4.69) is 26.9 Å². The molecule has 0 amide bonds. The van der Waals surface area contributed by atoms with Crippen LogP contribution in [0.15, 0.2) is 30.3 Å². The molecule has 0 aliphatic rings. The van der Waals surface area contributed by atoms with Gasteiger partial charge in [0.05, 0.1) is 11.7 Å². The Morgan fingerprint density at radius 1 is 1.12 bits per heavy atom. The third-order valence-electron chi connectivity index (χ3n) is 2.41. The maximum absolute atomic E-state index is 5.62. The minimum absolute atomic E-state index is 0.593. The number of nitrogens with two attached hydrogens (primary N) is 1. The van der Waals surface area contributed by atoms with E-state index in [-0.39, 0.29) is 0 Å². The van der Waals surface area contributed by atoms with Crippen molar-refractivity contribution in [3.8, 4) is 10.4 Å². The van der Waals surface area contributed by atoms with Crippen LogP contribution in [0.1, 0.15) is 4.88 Å². The molecule has 0 bridgehead atoms. The zero-order valence-corrected chi connectivity index (χ0v) is 10.0. The Morgan fingerprint density at radius 2 is 2.06 bits per heavy atom. The zero-order chi connectivity index (χ0) is 11.0. The molecule has 0 aliphatic heterocycles. The van der Waals surface area contributed by atoms with Crippen molar-refractivity contribution in [1.82, 2.24) is 8.75 Å². The van der Waals surface area contributed by atoms with Crippen molar-refractivity contribution in [2.45, 2.75) is 6.54 Å². The maximum Gasteiger partial charge on any atom is 0.113 e. The predicted molar refractivity (Wildman–Crippen MR) is 68.6 cm³/mol. The quantitative estimate of drug-likeness (QED) is 0.757. The van der Waals surface area contributed by atoms with Gasteiger partial charge in [0, 0.05) is 21.9 Å². The highest BCUT2D eigenvalue weighted by Crippen LogP contribution is 2.32. The van der Waals surface area contributed by atoms with E-state index >= 15 is 0 Å². The third kappa shape index (κ3) is 1.53. The van der Waals surface area contributed by atoms with Crippen molar-refractivity contribution in [2.75, 3.05) is 0 Å². The van der Waals surface area contributed by atoms with Gasteiger partial charge in [-0.05, 0) is 18.2 Å². The number of nitrogens with zero attached hydrogens (tertiary/aromatic N) is 2. The molecule has 5 heteroatoms. The van der Waals surface area contributed by atoms with Crippen molar-refractivity contribution in [3.05, 3.63) is 35.2 Å². The van der Waals surface area contributed by atoms with Gasteiger partial charge in [-0.1, -0.05) is 12.1 Å². The molecule has 0 saturated carbocycles. The van der Waals surface area contributed by atoms with Crippen LogP contribution in [0.3, 0.4) is 0 Å². The number of benzene rings is 1. The average Bonchev–Trinajstić information content (AvgIpc) is 2.97. The van der Waals surface area contributed by atoms with Gasteiger partial charge in [-0.3, -0.25) is 0 Å². The predicted octanol–water partition coefficient (Wildman–Crippen LogP) is 2.88. The summed E-state index contributed by atoms with van der Waals surface area (Å²) in [4.78, 5) is 2.40. The molecule has 16 heavy (non-hydrogen) atoms.